The summed E-state index contributed by atoms with van der Waals surface area (Å²) >= 11 is 1.41. The van der Waals surface area contributed by atoms with E-state index in [-0.39, 0.29) is 5.91 Å². The molecule has 6 heteroatoms. The summed E-state index contributed by atoms with van der Waals surface area (Å²) in [5.74, 6) is 0.456. The van der Waals surface area contributed by atoms with E-state index in [1.807, 2.05) is 60.0 Å². The predicted molar refractivity (Wildman–Crippen MR) is 116 cm³/mol. The number of nitrogens with one attached hydrogen (secondary N) is 1. The van der Waals surface area contributed by atoms with Crippen molar-refractivity contribution in [1.82, 2.24) is 4.98 Å². The number of nitrogens with zero attached hydrogens (tertiary/aromatic N) is 2. The van der Waals surface area contributed by atoms with Crippen LogP contribution in [0.2, 0.25) is 0 Å². The molecule has 3 rings (SSSR count). The Bertz CT molecular complexity index is 891. The van der Waals surface area contributed by atoms with E-state index in [2.05, 4.69) is 24.1 Å². The van der Waals surface area contributed by atoms with Crippen molar-refractivity contribution in [2.75, 3.05) is 10.2 Å². The maximum Gasteiger partial charge on any atom is 0.276 e. The number of para-hydroxylation sites is 1. The van der Waals surface area contributed by atoms with E-state index < -0.39 is 5.60 Å². The molecular weight excluding hydrogens is 370 g/mol. The summed E-state index contributed by atoms with van der Waals surface area (Å²) in [4.78, 5) is 19.4. The number of hydrogen-bond acceptors (Lipinski definition) is 5. The molecular formula is C22H25N3O2S. The standard InChI is InChI=1S/C22H25N3O2S/c1-16(2)24-17-10-12-19(13-11-17)27-22(3,4)20(26)25(21-23-14-15-28-21)18-8-6-5-7-9-18/h5-16,24H,1-4H3. The molecule has 0 radical (unpaired) electrons. The van der Waals surface area contributed by atoms with Crippen LogP contribution in [0, 0.1) is 0 Å². The van der Waals surface area contributed by atoms with Gasteiger partial charge in [0, 0.05) is 23.3 Å². The van der Waals surface area contributed by atoms with E-state index in [1.54, 1.807) is 24.9 Å². The minimum absolute atomic E-state index is 0.182. The zero-order chi connectivity index (χ0) is 20.1. The Morgan fingerprint density at radius 3 is 2.36 bits per heavy atom. The molecule has 0 aliphatic carbocycles. The third-order valence-electron chi connectivity index (χ3n) is 4.03. The normalized spacial score (nSPS) is 11.3. The van der Waals surface area contributed by atoms with Gasteiger partial charge >= 0.3 is 0 Å². The molecule has 0 aliphatic rings. The Hall–Kier alpha value is -2.86. The number of anilines is 3. The van der Waals surface area contributed by atoms with Gasteiger partial charge in [-0.25, -0.2) is 4.98 Å². The first-order valence-corrected chi connectivity index (χ1v) is 10.1. The second-order valence-corrected chi connectivity index (χ2v) is 8.10. The predicted octanol–water partition coefficient (Wildman–Crippen LogP) is 5.49. The van der Waals surface area contributed by atoms with Gasteiger partial charge in [0.2, 0.25) is 0 Å². The van der Waals surface area contributed by atoms with Crippen molar-refractivity contribution in [1.29, 1.82) is 0 Å². The Morgan fingerprint density at radius 2 is 1.79 bits per heavy atom. The Balaban J connectivity index is 1.83. The average Bonchev–Trinajstić information content (AvgIpc) is 3.18. The van der Waals surface area contributed by atoms with Crippen LogP contribution in [0.5, 0.6) is 5.75 Å². The van der Waals surface area contributed by atoms with Crippen molar-refractivity contribution in [2.45, 2.75) is 39.3 Å². The molecule has 0 spiro atoms. The smallest absolute Gasteiger partial charge is 0.276 e. The Labute approximate surface area is 170 Å². The topological polar surface area (TPSA) is 54.5 Å². The fourth-order valence-corrected chi connectivity index (χ4v) is 3.44. The van der Waals surface area contributed by atoms with Gasteiger partial charge in [-0.05, 0) is 64.1 Å². The first-order valence-electron chi connectivity index (χ1n) is 9.21. The van der Waals surface area contributed by atoms with Crippen LogP contribution in [0.15, 0.2) is 66.2 Å². The molecule has 0 bridgehead atoms. The van der Waals surface area contributed by atoms with Crippen LogP contribution in [0.1, 0.15) is 27.7 Å². The lowest BCUT2D eigenvalue weighted by atomic mass is 10.1. The number of thiazole rings is 1. The summed E-state index contributed by atoms with van der Waals surface area (Å²) in [7, 11) is 0. The van der Waals surface area contributed by atoms with E-state index in [9.17, 15) is 4.79 Å². The molecule has 1 N–H and O–H groups in total. The van der Waals surface area contributed by atoms with Crippen LogP contribution in [0.25, 0.3) is 0 Å². The molecule has 1 aromatic heterocycles. The lowest BCUT2D eigenvalue weighted by Crippen LogP contribution is -2.47. The van der Waals surface area contributed by atoms with Crippen molar-refractivity contribution in [3.8, 4) is 5.75 Å². The summed E-state index contributed by atoms with van der Waals surface area (Å²) in [5.41, 5.74) is 0.699. The zero-order valence-corrected chi connectivity index (χ0v) is 17.4. The van der Waals surface area contributed by atoms with Crippen LogP contribution < -0.4 is 15.0 Å². The van der Waals surface area contributed by atoms with Crippen molar-refractivity contribution in [3.63, 3.8) is 0 Å². The van der Waals surface area contributed by atoms with Crippen molar-refractivity contribution in [2.24, 2.45) is 0 Å². The van der Waals surface area contributed by atoms with Crippen molar-refractivity contribution in [3.05, 3.63) is 66.2 Å². The third kappa shape index (κ3) is 4.70. The molecule has 28 heavy (non-hydrogen) atoms. The van der Waals surface area contributed by atoms with Gasteiger partial charge in [0.05, 0.1) is 5.69 Å². The van der Waals surface area contributed by atoms with Crippen molar-refractivity contribution < 1.29 is 9.53 Å². The lowest BCUT2D eigenvalue weighted by Gasteiger charge is -2.31. The number of carbonyl (C=O) groups excluding carboxylic acids is 1. The molecule has 2 aromatic carbocycles. The first-order chi connectivity index (χ1) is 13.4. The molecule has 0 atom stereocenters. The molecule has 3 aromatic rings. The number of ether oxygens (including phenoxy) is 1. The van der Waals surface area contributed by atoms with Gasteiger partial charge in [0.15, 0.2) is 10.7 Å². The number of benzene rings is 2. The van der Waals surface area contributed by atoms with Crippen LogP contribution in [-0.4, -0.2) is 22.5 Å². The monoisotopic (exact) mass is 395 g/mol. The zero-order valence-electron chi connectivity index (χ0n) is 16.5. The maximum absolute atomic E-state index is 13.4. The average molecular weight is 396 g/mol. The highest BCUT2D eigenvalue weighted by molar-refractivity contribution is 7.13. The number of aromatic nitrogens is 1. The molecule has 146 valence electrons. The van der Waals surface area contributed by atoms with Gasteiger partial charge in [-0.2, -0.15) is 0 Å². The fraction of sp³-hybridized carbons (Fsp3) is 0.273. The van der Waals surface area contributed by atoms with Gasteiger partial charge in [0.25, 0.3) is 5.91 Å². The number of hydrogen-bond donors (Lipinski definition) is 1. The number of carbonyl (C=O) groups is 1. The van der Waals surface area contributed by atoms with E-state index in [0.717, 1.165) is 11.4 Å². The van der Waals surface area contributed by atoms with E-state index >= 15 is 0 Å². The fourth-order valence-electron chi connectivity index (χ4n) is 2.78. The lowest BCUT2D eigenvalue weighted by molar-refractivity contribution is -0.130. The van der Waals surface area contributed by atoms with Gasteiger partial charge in [-0.15, -0.1) is 11.3 Å². The van der Waals surface area contributed by atoms with Crippen LogP contribution >= 0.6 is 11.3 Å². The molecule has 5 nitrogen and oxygen atoms in total. The number of rotatable bonds is 7. The molecule has 0 unspecified atom stereocenters. The summed E-state index contributed by atoms with van der Waals surface area (Å²) < 4.78 is 6.08. The van der Waals surface area contributed by atoms with Gasteiger partial charge in [-0.1, -0.05) is 18.2 Å². The minimum atomic E-state index is -1.07. The summed E-state index contributed by atoms with van der Waals surface area (Å²) in [6.45, 7) is 7.73. The van der Waals surface area contributed by atoms with Crippen LogP contribution in [-0.2, 0) is 4.79 Å². The largest absolute Gasteiger partial charge is 0.478 e. The highest BCUT2D eigenvalue weighted by Crippen LogP contribution is 2.31. The second kappa shape index (κ2) is 8.44. The number of amides is 1. The highest BCUT2D eigenvalue weighted by Gasteiger charge is 2.37. The first kappa shape index (κ1) is 19.9. The minimum Gasteiger partial charge on any atom is -0.478 e. The van der Waals surface area contributed by atoms with Crippen LogP contribution in [0.4, 0.5) is 16.5 Å². The highest BCUT2D eigenvalue weighted by atomic mass is 32.1. The summed E-state index contributed by atoms with van der Waals surface area (Å²) in [6, 6.07) is 17.5. The Kier molecular flexibility index (Phi) is 5.99. The molecule has 1 amide bonds. The van der Waals surface area contributed by atoms with E-state index in [4.69, 9.17) is 4.74 Å². The molecule has 1 heterocycles. The second-order valence-electron chi connectivity index (χ2n) is 7.23. The van der Waals surface area contributed by atoms with Gasteiger partial charge in [0.1, 0.15) is 5.75 Å². The Morgan fingerprint density at radius 1 is 1.11 bits per heavy atom. The SMILES string of the molecule is CC(C)Nc1ccc(OC(C)(C)C(=O)N(c2ccccc2)c2nccs2)cc1. The molecule has 0 fully saturated rings. The maximum atomic E-state index is 13.4. The third-order valence-corrected chi connectivity index (χ3v) is 4.78. The van der Waals surface area contributed by atoms with E-state index in [0.29, 0.717) is 16.9 Å². The summed E-state index contributed by atoms with van der Waals surface area (Å²) in [5, 5.41) is 5.81. The van der Waals surface area contributed by atoms with Gasteiger partial charge < -0.3 is 10.1 Å². The molecule has 0 saturated carbocycles. The van der Waals surface area contributed by atoms with Gasteiger partial charge in [-0.3, -0.25) is 9.69 Å². The van der Waals surface area contributed by atoms with Crippen molar-refractivity contribution >= 4 is 33.8 Å². The molecule has 0 aliphatic heterocycles. The van der Waals surface area contributed by atoms with E-state index in [1.165, 1.54) is 11.3 Å². The van der Waals surface area contributed by atoms with Crippen LogP contribution in [0.3, 0.4) is 0 Å². The quantitative estimate of drug-likeness (QED) is 0.575. The molecule has 0 saturated heterocycles. The summed E-state index contributed by atoms with van der Waals surface area (Å²) in [6.07, 6.45) is 1.69.